The second-order valence-corrected chi connectivity index (χ2v) is 19.7. The average Bonchev–Trinajstić information content (AvgIpc) is 3.75. The first-order valence-corrected chi connectivity index (χ1v) is 21.9. The molecular formula is C44H57N9O5S. The van der Waals surface area contributed by atoms with Crippen LogP contribution in [0.25, 0.3) is 21.3 Å². The number of rotatable bonds is 15. The fourth-order valence-electron chi connectivity index (χ4n) is 12.4. The Bertz CT molecular complexity index is 2260. The lowest BCUT2D eigenvalue weighted by Gasteiger charge is -2.69. The normalized spacial score (nSPS) is 27.4. The zero-order valence-electron chi connectivity index (χ0n) is 34.6. The Morgan fingerprint density at radius 2 is 1.73 bits per heavy atom. The number of hydrogen-bond acceptors (Lipinski definition) is 13. The molecule has 3 aromatic heterocycles. The number of pyridine rings is 1. The van der Waals surface area contributed by atoms with E-state index in [9.17, 15) is 20.1 Å². The third-order valence-corrected chi connectivity index (χ3v) is 14.4. The first-order valence-electron chi connectivity index (χ1n) is 21.0. The molecule has 1 aromatic carbocycles. The zero-order chi connectivity index (χ0) is 41.2. The number of thiazole rings is 1. The number of aliphatic hydroxyl groups is 2. The Morgan fingerprint density at radius 1 is 0.966 bits per heavy atom. The van der Waals surface area contributed by atoms with Crippen LogP contribution in [-0.4, -0.2) is 103 Å². The number of ether oxygens (including phenoxy) is 1. The summed E-state index contributed by atoms with van der Waals surface area (Å²) < 4.78 is 10.1. The van der Waals surface area contributed by atoms with E-state index in [1.165, 1.54) is 6.42 Å². The Labute approximate surface area is 349 Å². The van der Waals surface area contributed by atoms with E-state index in [0.717, 1.165) is 95.1 Å². The maximum atomic E-state index is 13.1. The number of benzene rings is 1. The molecule has 0 saturated heterocycles. The van der Waals surface area contributed by atoms with E-state index in [1.807, 2.05) is 54.8 Å². The number of allylic oxidation sites excluding steroid dienone is 2. The molecule has 14 nitrogen and oxygen atoms in total. The topological polar surface area (TPSA) is 164 Å². The van der Waals surface area contributed by atoms with Crippen LogP contribution < -0.4 is 15.8 Å². The number of aromatic nitrogens is 4. The molecule has 0 radical (unpaired) electrons. The summed E-state index contributed by atoms with van der Waals surface area (Å²) in [5.41, 5.74) is 12.4. The van der Waals surface area contributed by atoms with Crippen molar-refractivity contribution in [1.82, 2.24) is 35.2 Å². The summed E-state index contributed by atoms with van der Waals surface area (Å²) in [6, 6.07) is 11.9. The van der Waals surface area contributed by atoms with Gasteiger partial charge in [-0.15, -0.1) is 0 Å². The minimum atomic E-state index is -1.08. The van der Waals surface area contributed by atoms with Gasteiger partial charge in [0.15, 0.2) is 11.5 Å². The number of nitrogens with zero attached hydrogens (tertiary/aromatic N) is 7. The van der Waals surface area contributed by atoms with Crippen molar-refractivity contribution in [3.05, 3.63) is 77.2 Å². The number of anilines is 2. The molecule has 5 heterocycles. The molecule has 4 aromatic rings. The highest BCUT2D eigenvalue weighted by Crippen LogP contribution is 2.72. The first-order chi connectivity index (χ1) is 28.3. The molecule has 10 rings (SSSR count). The molecule has 4 aliphatic carbocycles. The Kier molecular flexibility index (Phi) is 10.3. The number of hydrogen-bond donors (Lipinski definition) is 5. The van der Waals surface area contributed by atoms with Crippen LogP contribution in [0.15, 0.2) is 65.8 Å². The maximum Gasteiger partial charge on any atom is 0.355 e. The summed E-state index contributed by atoms with van der Waals surface area (Å²) in [5, 5.41) is 37.3. The van der Waals surface area contributed by atoms with Crippen molar-refractivity contribution in [2.24, 2.45) is 16.2 Å². The van der Waals surface area contributed by atoms with E-state index in [4.69, 9.17) is 19.8 Å². The molecule has 0 amide bonds. The van der Waals surface area contributed by atoms with E-state index in [1.54, 1.807) is 11.3 Å². The fraction of sp³-hybridized carbons (Fsp3) is 0.545. The molecule has 0 spiro atoms. The second-order valence-electron chi connectivity index (χ2n) is 18.6. The number of hydrazine groups is 2. The van der Waals surface area contributed by atoms with Crippen molar-refractivity contribution in [2.45, 2.75) is 91.2 Å². The summed E-state index contributed by atoms with van der Waals surface area (Å²) in [6.07, 6.45) is 12.0. The third-order valence-electron chi connectivity index (χ3n) is 13.5. The van der Waals surface area contributed by atoms with E-state index in [0.29, 0.717) is 44.2 Å². The molecule has 4 saturated carbocycles. The van der Waals surface area contributed by atoms with Crippen molar-refractivity contribution in [1.29, 1.82) is 0 Å². The van der Waals surface area contributed by atoms with E-state index in [2.05, 4.69) is 52.2 Å². The van der Waals surface area contributed by atoms with Gasteiger partial charge >= 0.3 is 5.97 Å². The van der Waals surface area contributed by atoms with Gasteiger partial charge in [0.1, 0.15) is 5.82 Å². The molecular weight excluding hydrogens is 767 g/mol. The molecule has 4 fully saturated rings. The molecule has 2 aliphatic heterocycles. The summed E-state index contributed by atoms with van der Waals surface area (Å²) in [4.78, 5) is 26.9. The minimum absolute atomic E-state index is 0.00166. The standard InChI is InChI=1S/C44H57N9O5S/c1-29-20-46-53(49-40-47-34-9-5-6-10-35(34)59-40)38-31(29)8-7-13-51(38)36-12-11-32(37(48-36)39(56)57)33-21-45-52(30(33)2)28-43-23-41(3)22-42(4,24-43)26-44(25-41,27-43)58-19-16-50(14-17-54)15-18-55/h5-6,9-12,20-21,46,54-55H,7-8,13-19,22-28H2,1-4H3,(H,47,49)(H,56,57). The largest absolute Gasteiger partial charge is 0.476 e. The highest BCUT2D eigenvalue weighted by Gasteiger charge is 2.66. The average molecular weight is 824 g/mol. The van der Waals surface area contributed by atoms with Gasteiger partial charge in [0.25, 0.3) is 0 Å². The number of carbonyl (C=O) groups is 1. The van der Waals surface area contributed by atoms with Gasteiger partial charge in [-0.05, 0) is 111 Å². The highest BCUT2D eigenvalue weighted by atomic mass is 32.1. The number of aliphatic hydroxyl groups excluding tert-OH is 2. The summed E-state index contributed by atoms with van der Waals surface area (Å²) >= 11 is 1.57. The third kappa shape index (κ3) is 7.49. The maximum absolute atomic E-state index is 13.1. The number of aromatic carboxylic acids is 1. The van der Waals surface area contributed by atoms with Crippen molar-refractivity contribution >= 4 is 38.5 Å². The Hall–Kier alpha value is -4.54. The van der Waals surface area contributed by atoms with Crippen molar-refractivity contribution < 1.29 is 24.9 Å². The van der Waals surface area contributed by atoms with Gasteiger partial charge in [-0.25, -0.2) is 14.8 Å². The highest BCUT2D eigenvalue weighted by molar-refractivity contribution is 7.22. The lowest BCUT2D eigenvalue weighted by atomic mass is 9.39. The first kappa shape index (κ1) is 39.9. The van der Waals surface area contributed by atoms with Gasteiger partial charge < -0.3 is 25.0 Å². The predicted octanol–water partition coefficient (Wildman–Crippen LogP) is 6.55. The van der Waals surface area contributed by atoms with E-state index >= 15 is 0 Å². The van der Waals surface area contributed by atoms with Crippen LogP contribution in [0.1, 0.15) is 88.3 Å². The van der Waals surface area contributed by atoms with Crippen LogP contribution in [0, 0.1) is 23.2 Å². The Morgan fingerprint density at radius 3 is 2.46 bits per heavy atom. The van der Waals surface area contributed by atoms with Gasteiger partial charge in [0.2, 0.25) is 5.13 Å². The number of fused-ring (bicyclic) bond motifs is 1. The van der Waals surface area contributed by atoms with Crippen LogP contribution in [0.3, 0.4) is 0 Å². The molecule has 2 unspecified atom stereocenters. The van der Waals surface area contributed by atoms with Gasteiger partial charge in [-0.3, -0.25) is 20.4 Å². The van der Waals surface area contributed by atoms with E-state index in [-0.39, 0.29) is 40.8 Å². The van der Waals surface area contributed by atoms with Crippen molar-refractivity contribution in [2.75, 3.05) is 56.3 Å². The van der Waals surface area contributed by atoms with Crippen LogP contribution in [0.2, 0.25) is 0 Å². The lowest BCUT2D eigenvalue weighted by Crippen LogP contribution is -2.64. The molecule has 4 bridgehead atoms. The number of para-hydroxylation sites is 1. The minimum Gasteiger partial charge on any atom is -0.476 e. The van der Waals surface area contributed by atoms with Crippen molar-refractivity contribution in [3.63, 3.8) is 0 Å². The number of carboxylic acids is 1. The summed E-state index contributed by atoms with van der Waals surface area (Å²) in [6.45, 7) is 12.8. The van der Waals surface area contributed by atoms with Gasteiger partial charge in [-0.2, -0.15) is 10.2 Å². The Balaban J connectivity index is 0.979. The smallest absolute Gasteiger partial charge is 0.355 e. The molecule has 15 heteroatoms. The number of carboxylic acid groups (broad SMARTS) is 1. The zero-order valence-corrected chi connectivity index (χ0v) is 35.4. The molecule has 59 heavy (non-hydrogen) atoms. The SMILES string of the molecule is CC1=CNN(Nc2nc3ccccc3s2)C2=C1CCCN2c1ccc(-c2cnn(CC34CC5(C)CC(C)(C3)CC(OCCN(CCO)CCO)(C5)C4)c2C)c(C(=O)O)n1. The molecule has 5 N–H and O–H groups in total. The predicted molar refractivity (Wildman–Crippen MR) is 228 cm³/mol. The monoisotopic (exact) mass is 823 g/mol. The van der Waals surface area contributed by atoms with Crippen LogP contribution in [0.5, 0.6) is 0 Å². The summed E-state index contributed by atoms with van der Waals surface area (Å²) in [5.74, 6) is 0.357. The van der Waals surface area contributed by atoms with Gasteiger partial charge in [0.05, 0.1) is 41.8 Å². The van der Waals surface area contributed by atoms with Crippen LogP contribution in [0.4, 0.5) is 10.9 Å². The van der Waals surface area contributed by atoms with Gasteiger partial charge in [-0.1, -0.05) is 37.3 Å². The lowest BCUT2D eigenvalue weighted by molar-refractivity contribution is -0.249. The van der Waals surface area contributed by atoms with Crippen LogP contribution in [-0.2, 0) is 11.3 Å². The molecule has 2 atom stereocenters. The van der Waals surface area contributed by atoms with Gasteiger partial charge in [0, 0.05) is 61.3 Å². The van der Waals surface area contributed by atoms with E-state index < -0.39 is 5.97 Å². The molecule has 314 valence electrons. The number of nitrogens with one attached hydrogen (secondary N) is 2. The second kappa shape index (κ2) is 15.2. The quantitative estimate of drug-likeness (QED) is 0.0879. The summed E-state index contributed by atoms with van der Waals surface area (Å²) in [7, 11) is 0. The van der Waals surface area contributed by atoms with Crippen molar-refractivity contribution in [3.8, 4) is 11.1 Å². The van der Waals surface area contributed by atoms with Crippen LogP contribution >= 0.6 is 11.3 Å². The fourth-order valence-corrected chi connectivity index (χ4v) is 13.2. The molecule has 6 aliphatic rings.